The summed E-state index contributed by atoms with van der Waals surface area (Å²) in [7, 11) is 0. The molecular formula is C41H39N3O10. The third-order valence-corrected chi connectivity index (χ3v) is 9.32. The maximum absolute atomic E-state index is 13.0. The van der Waals surface area contributed by atoms with Gasteiger partial charge in [0.1, 0.15) is 29.2 Å². The molecule has 13 heteroatoms. The van der Waals surface area contributed by atoms with Crippen LogP contribution >= 0.6 is 0 Å². The zero-order valence-electron chi connectivity index (χ0n) is 29.4. The molecule has 1 fully saturated rings. The van der Waals surface area contributed by atoms with Crippen molar-refractivity contribution in [3.63, 3.8) is 0 Å². The van der Waals surface area contributed by atoms with E-state index < -0.39 is 36.0 Å². The molecule has 0 bridgehead atoms. The predicted molar refractivity (Wildman–Crippen MR) is 198 cm³/mol. The first-order chi connectivity index (χ1) is 26.0. The fourth-order valence-corrected chi connectivity index (χ4v) is 6.61. The lowest BCUT2D eigenvalue weighted by Gasteiger charge is -2.33. The number of fused-ring (bicyclic) bond motifs is 2. The van der Waals surface area contributed by atoms with Crippen LogP contribution in [0.2, 0.25) is 0 Å². The number of rotatable bonds is 15. The molecule has 1 saturated heterocycles. The number of nitrogens with one attached hydrogen (secondary N) is 3. The maximum atomic E-state index is 13.0. The molecule has 278 valence electrons. The van der Waals surface area contributed by atoms with E-state index >= 15 is 0 Å². The maximum Gasteiger partial charge on any atom is 0.336 e. The van der Waals surface area contributed by atoms with E-state index in [1.54, 1.807) is 37.3 Å². The number of amides is 3. The fourth-order valence-electron chi connectivity index (χ4n) is 6.61. The first-order valence-corrected chi connectivity index (χ1v) is 17.6. The molecule has 3 atom stereocenters. The van der Waals surface area contributed by atoms with Gasteiger partial charge in [0.05, 0.1) is 12.0 Å². The number of carboxylic acids is 1. The number of aromatic hydroxyl groups is 1. The number of unbranched alkanes of at least 4 members (excludes halogenated alkanes) is 2. The summed E-state index contributed by atoms with van der Waals surface area (Å²) in [5.74, 6) is -2.78. The molecule has 54 heavy (non-hydrogen) atoms. The molecule has 2 heterocycles. The summed E-state index contributed by atoms with van der Waals surface area (Å²) in [6.07, 6.45) is 1.39. The predicted octanol–water partition coefficient (Wildman–Crippen LogP) is 4.35. The van der Waals surface area contributed by atoms with Gasteiger partial charge in [0.2, 0.25) is 17.7 Å². The molecule has 5 N–H and O–H groups in total. The molecule has 3 aliphatic rings. The van der Waals surface area contributed by atoms with E-state index in [1.807, 2.05) is 30.3 Å². The van der Waals surface area contributed by atoms with Crippen molar-refractivity contribution in [2.24, 2.45) is 0 Å². The molecule has 0 saturated carbocycles. The van der Waals surface area contributed by atoms with Gasteiger partial charge in [0.25, 0.3) is 0 Å². The van der Waals surface area contributed by atoms with Crippen molar-refractivity contribution in [2.45, 2.75) is 63.6 Å². The molecule has 3 amide bonds. The molecule has 0 spiro atoms. The van der Waals surface area contributed by atoms with Gasteiger partial charge in [0, 0.05) is 48.0 Å². The molecule has 0 radical (unpaired) electrons. The minimum absolute atomic E-state index is 0.0661. The summed E-state index contributed by atoms with van der Waals surface area (Å²) in [5, 5.41) is 29.3. The van der Waals surface area contributed by atoms with Crippen LogP contribution in [-0.2, 0) is 36.8 Å². The Morgan fingerprint density at radius 3 is 2.39 bits per heavy atom. The molecule has 1 aliphatic carbocycles. The number of ether oxygens (including phenoxy) is 1. The smallest absolute Gasteiger partial charge is 0.336 e. The van der Waals surface area contributed by atoms with E-state index in [9.17, 15) is 39.0 Å². The number of hydrogen-bond donors (Lipinski definition) is 5. The standard InChI is InChI=1S/C41H39N3O10/c1-23-38(41(52)53-23)44-39(49)31(19-24-9-4-2-5-10-24)43-34(47)13-6-3-7-18-42-35(48)20-25-11-8-12-30(36(25)40(50)51)37-28-16-14-26(45)21-32(28)54-33-22-27(46)15-17-29(33)37/h2,4-5,8-12,14-17,21-23,31,38,45H,3,6-7,13,18-20H2,1H3,(H,42,48)(H,43,47)(H,44,49)(H,50,51)/t23-,31+,38+/m1/s1. The van der Waals surface area contributed by atoms with Crippen molar-refractivity contribution >= 4 is 40.6 Å². The summed E-state index contributed by atoms with van der Waals surface area (Å²) in [6.45, 7) is 1.98. The van der Waals surface area contributed by atoms with Crippen molar-refractivity contribution in [1.82, 2.24) is 16.0 Å². The van der Waals surface area contributed by atoms with Gasteiger partial charge >= 0.3 is 11.9 Å². The molecule has 0 unspecified atom stereocenters. The molecule has 3 aromatic rings. The first kappa shape index (κ1) is 37.3. The topological polar surface area (TPSA) is 201 Å². The van der Waals surface area contributed by atoms with Gasteiger partial charge in [-0.25, -0.2) is 9.59 Å². The SMILES string of the molecule is C[C@H]1OC(=O)[C@H]1NC(=O)[C@H](Cc1ccccc1)NC(=O)CCCCCNC(=O)Cc1cccc(-c2c3ccc(=O)cc-3oc3cc(O)ccc23)c1C(=O)O. The van der Waals surface area contributed by atoms with Gasteiger partial charge < -0.3 is 35.3 Å². The highest BCUT2D eigenvalue weighted by Gasteiger charge is 2.41. The molecular weight excluding hydrogens is 694 g/mol. The molecule has 0 aromatic heterocycles. The van der Waals surface area contributed by atoms with Crippen LogP contribution in [0.1, 0.15) is 54.1 Å². The minimum Gasteiger partial charge on any atom is -0.508 e. The minimum atomic E-state index is -1.24. The fraction of sp³-hybridized carbons (Fsp3) is 0.268. The number of cyclic esters (lactones) is 1. The Labute approximate surface area is 309 Å². The van der Waals surface area contributed by atoms with E-state index in [0.717, 1.165) is 5.56 Å². The summed E-state index contributed by atoms with van der Waals surface area (Å²) in [4.78, 5) is 75.6. The van der Waals surface area contributed by atoms with Crippen LogP contribution in [0.15, 0.2) is 94.1 Å². The Kier molecular flexibility index (Phi) is 11.4. The average Bonchev–Trinajstić information content (AvgIpc) is 3.14. The van der Waals surface area contributed by atoms with E-state index in [0.29, 0.717) is 47.9 Å². The van der Waals surface area contributed by atoms with Crippen molar-refractivity contribution < 1.29 is 43.3 Å². The van der Waals surface area contributed by atoms with Gasteiger partial charge in [-0.15, -0.1) is 0 Å². The van der Waals surface area contributed by atoms with E-state index in [-0.39, 0.29) is 64.7 Å². The second-order valence-electron chi connectivity index (χ2n) is 13.2. The van der Waals surface area contributed by atoms with Crippen molar-refractivity contribution in [2.75, 3.05) is 6.54 Å². The molecule has 2 aliphatic heterocycles. The first-order valence-electron chi connectivity index (χ1n) is 17.6. The lowest BCUT2D eigenvalue weighted by atomic mass is 9.88. The summed E-state index contributed by atoms with van der Waals surface area (Å²) in [6, 6.07) is 21.1. The summed E-state index contributed by atoms with van der Waals surface area (Å²) >= 11 is 0. The average molecular weight is 734 g/mol. The summed E-state index contributed by atoms with van der Waals surface area (Å²) < 4.78 is 10.8. The Balaban J connectivity index is 1.05. The number of carboxylic acid groups (broad SMARTS) is 1. The van der Waals surface area contributed by atoms with Crippen LogP contribution in [0.25, 0.3) is 33.4 Å². The third-order valence-electron chi connectivity index (χ3n) is 9.32. The normalized spacial score (nSPS) is 15.5. The van der Waals surface area contributed by atoms with E-state index in [4.69, 9.17) is 9.15 Å². The highest BCUT2D eigenvalue weighted by atomic mass is 16.6. The second-order valence-corrected chi connectivity index (χ2v) is 13.2. The van der Waals surface area contributed by atoms with Crippen LogP contribution in [0.4, 0.5) is 0 Å². The molecule has 6 rings (SSSR count). The number of aromatic carboxylic acids is 1. The van der Waals surface area contributed by atoms with Gasteiger partial charge in [-0.1, -0.05) is 55.0 Å². The van der Waals surface area contributed by atoms with Gasteiger partial charge in [0.15, 0.2) is 11.5 Å². The number of benzene rings is 4. The molecule has 13 nitrogen and oxygen atoms in total. The largest absolute Gasteiger partial charge is 0.508 e. The number of phenols is 1. The summed E-state index contributed by atoms with van der Waals surface area (Å²) in [5.41, 5.74) is 2.31. The van der Waals surface area contributed by atoms with E-state index in [1.165, 1.54) is 24.3 Å². The van der Waals surface area contributed by atoms with Gasteiger partial charge in [-0.3, -0.25) is 19.2 Å². The van der Waals surface area contributed by atoms with Crippen molar-refractivity contribution in [3.05, 3.63) is 112 Å². The Morgan fingerprint density at radius 2 is 1.65 bits per heavy atom. The third kappa shape index (κ3) is 8.58. The highest BCUT2D eigenvalue weighted by molar-refractivity contribution is 6.08. The Morgan fingerprint density at radius 1 is 0.852 bits per heavy atom. The van der Waals surface area contributed by atoms with Crippen molar-refractivity contribution in [1.29, 1.82) is 0 Å². The van der Waals surface area contributed by atoms with Gasteiger partial charge in [-0.2, -0.15) is 0 Å². The Bertz CT molecular complexity index is 2250. The van der Waals surface area contributed by atoms with Crippen LogP contribution in [0.5, 0.6) is 5.75 Å². The van der Waals surface area contributed by atoms with Crippen LogP contribution < -0.4 is 21.4 Å². The second kappa shape index (κ2) is 16.4. The van der Waals surface area contributed by atoms with Gasteiger partial charge in [-0.05, 0) is 60.7 Å². The number of carbonyl (C=O) groups is 5. The lowest BCUT2D eigenvalue weighted by molar-refractivity contribution is -0.176. The number of phenolic OH excluding ortho intramolecular Hbond substituents is 1. The quantitative estimate of drug-likeness (QED) is 0.0585. The van der Waals surface area contributed by atoms with E-state index in [2.05, 4.69) is 16.0 Å². The number of carbonyl (C=O) groups excluding carboxylic acids is 4. The number of esters is 1. The monoisotopic (exact) mass is 733 g/mol. The van der Waals surface area contributed by atoms with Crippen molar-refractivity contribution in [3.8, 4) is 28.2 Å². The van der Waals surface area contributed by atoms with Crippen LogP contribution in [0, 0.1) is 0 Å². The molecule has 3 aromatic carbocycles. The van der Waals surface area contributed by atoms with Crippen LogP contribution in [-0.4, -0.2) is 64.6 Å². The highest BCUT2D eigenvalue weighted by Crippen LogP contribution is 2.42. The van der Waals surface area contributed by atoms with Crippen LogP contribution in [0.3, 0.4) is 0 Å². The number of hydrogen-bond acceptors (Lipinski definition) is 9. The Hall–Kier alpha value is -6.50. The lowest BCUT2D eigenvalue weighted by Crippen LogP contribution is -2.62. The zero-order valence-corrected chi connectivity index (χ0v) is 29.4. The zero-order chi connectivity index (χ0) is 38.4.